The molecule has 2 heterocycles. The molecule has 0 spiro atoms. The van der Waals surface area contributed by atoms with E-state index in [1.54, 1.807) is 7.11 Å². The lowest BCUT2D eigenvalue weighted by molar-refractivity contribution is -0.139. The predicted octanol–water partition coefficient (Wildman–Crippen LogP) is 5.60. The van der Waals surface area contributed by atoms with Crippen LogP contribution in [-0.4, -0.2) is 35.8 Å². The third-order valence-corrected chi connectivity index (χ3v) is 6.49. The van der Waals surface area contributed by atoms with Gasteiger partial charge in [0.05, 0.1) is 19.8 Å². The van der Waals surface area contributed by atoms with Crippen molar-refractivity contribution in [3.63, 3.8) is 0 Å². The zero-order valence-electron chi connectivity index (χ0n) is 19.5. The first-order chi connectivity index (χ1) is 16.1. The normalized spacial score (nSPS) is 17.6. The second-order valence-corrected chi connectivity index (χ2v) is 8.78. The van der Waals surface area contributed by atoms with Crippen molar-refractivity contribution in [2.24, 2.45) is 0 Å². The number of methoxy groups -OCH3 is 1. The number of aromatic amines is 1. The summed E-state index contributed by atoms with van der Waals surface area (Å²) in [6.07, 6.45) is 7.73. The Kier molecular flexibility index (Phi) is 7.55. The Morgan fingerprint density at radius 1 is 1.06 bits per heavy atom. The van der Waals surface area contributed by atoms with Crippen LogP contribution >= 0.6 is 0 Å². The Morgan fingerprint density at radius 3 is 2.64 bits per heavy atom. The first kappa shape index (κ1) is 23.2. The van der Waals surface area contributed by atoms with Gasteiger partial charge in [0.15, 0.2) is 11.5 Å². The van der Waals surface area contributed by atoms with Crippen molar-refractivity contribution in [3.05, 3.63) is 59.3 Å². The number of hydrogen-bond donors (Lipinski definition) is 3. The van der Waals surface area contributed by atoms with E-state index >= 15 is 0 Å². The Morgan fingerprint density at radius 2 is 1.85 bits per heavy atom. The van der Waals surface area contributed by atoms with Gasteiger partial charge in [0.1, 0.15) is 6.04 Å². The SMILES string of the molecule is CCCCCCCCOc1ccc(C2NC(C(=O)O)Cc3c2[nH]c2ccccc32)cc1OC. The summed E-state index contributed by atoms with van der Waals surface area (Å²) < 4.78 is 11.6. The van der Waals surface area contributed by atoms with Crippen molar-refractivity contribution in [2.45, 2.75) is 64.0 Å². The van der Waals surface area contributed by atoms with Gasteiger partial charge in [0.2, 0.25) is 0 Å². The summed E-state index contributed by atoms with van der Waals surface area (Å²) >= 11 is 0. The van der Waals surface area contributed by atoms with Crippen molar-refractivity contribution < 1.29 is 19.4 Å². The van der Waals surface area contributed by atoms with Crippen molar-refractivity contribution in [3.8, 4) is 11.5 Å². The molecule has 0 bridgehead atoms. The molecule has 0 aliphatic carbocycles. The third kappa shape index (κ3) is 5.17. The number of benzene rings is 2. The molecule has 0 radical (unpaired) electrons. The Bertz CT molecular complexity index is 1090. The summed E-state index contributed by atoms with van der Waals surface area (Å²) in [5, 5.41) is 14.1. The largest absolute Gasteiger partial charge is 0.493 e. The summed E-state index contributed by atoms with van der Waals surface area (Å²) in [5.74, 6) is 0.537. The lowest BCUT2D eigenvalue weighted by Gasteiger charge is -2.30. The molecule has 2 aromatic carbocycles. The van der Waals surface area contributed by atoms with Gasteiger partial charge in [0, 0.05) is 23.0 Å². The van der Waals surface area contributed by atoms with Crippen molar-refractivity contribution in [1.82, 2.24) is 10.3 Å². The van der Waals surface area contributed by atoms with E-state index in [1.165, 1.54) is 32.1 Å². The highest BCUT2D eigenvalue weighted by Gasteiger charge is 2.34. The highest BCUT2D eigenvalue weighted by atomic mass is 16.5. The fraction of sp³-hybridized carbons (Fsp3) is 0.444. The number of fused-ring (bicyclic) bond motifs is 3. The summed E-state index contributed by atoms with van der Waals surface area (Å²) in [6.45, 7) is 2.89. The molecule has 1 aliphatic rings. The number of aliphatic carboxylic acids is 1. The van der Waals surface area contributed by atoms with E-state index in [2.05, 4.69) is 17.2 Å². The van der Waals surface area contributed by atoms with Gasteiger partial charge in [-0.2, -0.15) is 0 Å². The molecule has 0 fully saturated rings. The standard InChI is InChI=1S/C27H34N2O4/c1-3-4-5-6-7-10-15-33-23-14-13-18(16-24(23)32-2)25-26-20(17-22(29-25)27(30)31)19-11-8-9-12-21(19)28-26/h8-9,11-14,16,22,25,28-29H,3-7,10,15,17H2,1-2H3,(H,30,31). The Hall–Kier alpha value is -2.99. The first-order valence-corrected chi connectivity index (χ1v) is 12.0. The minimum absolute atomic E-state index is 0.274. The number of hydrogen-bond acceptors (Lipinski definition) is 4. The van der Waals surface area contributed by atoms with Crippen LogP contribution in [0.15, 0.2) is 42.5 Å². The molecule has 6 nitrogen and oxygen atoms in total. The Labute approximate surface area is 195 Å². The molecule has 1 aromatic heterocycles. The molecule has 0 amide bonds. The zero-order chi connectivity index (χ0) is 23.2. The highest BCUT2D eigenvalue weighted by Crippen LogP contribution is 2.38. The van der Waals surface area contributed by atoms with Gasteiger partial charge in [-0.1, -0.05) is 63.3 Å². The number of rotatable bonds is 11. The minimum Gasteiger partial charge on any atom is -0.493 e. The van der Waals surface area contributed by atoms with E-state index in [4.69, 9.17) is 9.47 Å². The fourth-order valence-electron chi connectivity index (χ4n) is 4.70. The van der Waals surface area contributed by atoms with E-state index in [9.17, 15) is 9.90 Å². The van der Waals surface area contributed by atoms with Crippen LogP contribution in [0.25, 0.3) is 10.9 Å². The molecule has 2 atom stereocenters. The highest BCUT2D eigenvalue weighted by molar-refractivity contribution is 5.87. The lowest BCUT2D eigenvalue weighted by Crippen LogP contribution is -2.44. The fourth-order valence-corrected chi connectivity index (χ4v) is 4.70. The van der Waals surface area contributed by atoms with Crippen LogP contribution < -0.4 is 14.8 Å². The predicted molar refractivity (Wildman–Crippen MR) is 130 cm³/mol. The smallest absolute Gasteiger partial charge is 0.321 e. The van der Waals surface area contributed by atoms with Gasteiger partial charge in [-0.15, -0.1) is 0 Å². The van der Waals surface area contributed by atoms with Gasteiger partial charge in [-0.05, 0) is 35.7 Å². The van der Waals surface area contributed by atoms with Crippen LogP contribution in [-0.2, 0) is 11.2 Å². The molecular weight excluding hydrogens is 416 g/mol. The summed E-state index contributed by atoms with van der Waals surface area (Å²) in [6, 6.07) is 13.0. The van der Waals surface area contributed by atoms with E-state index in [-0.39, 0.29) is 6.04 Å². The number of carbonyl (C=O) groups is 1. The first-order valence-electron chi connectivity index (χ1n) is 12.0. The zero-order valence-corrected chi connectivity index (χ0v) is 19.5. The molecule has 6 heteroatoms. The maximum Gasteiger partial charge on any atom is 0.321 e. The number of para-hydroxylation sites is 1. The summed E-state index contributed by atoms with van der Waals surface area (Å²) in [5.41, 5.74) is 4.03. The number of carboxylic acid groups (broad SMARTS) is 1. The Balaban J connectivity index is 1.54. The maximum atomic E-state index is 11.9. The van der Waals surface area contributed by atoms with Crippen LogP contribution in [0.5, 0.6) is 11.5 Å². The lowest BCUT2D eigenvalue weighted by atomic mass is 9.90. The van der Waals surface area contributed by atoms with Gasteiger partial charge in [-0.3, -0.25) is 10.1 Å². The molecule has 2 unspecified atom stereocenters. The molecule has 0 saturated heterocycles. The van der Waals surface area contributed by atoms with Crippen LogP contribution in [0.1, 0.15) is 68.3 Å². The molecule has 3 N–H and O–H groups in total. The van der Waals surface area contributed by atoms with Gasteiger partial charge >= 0.3 is 5.97 Å². The van der Waals surface area contributed by atoms with Crippen LogP contribution in [0.4, 0.5) is 0 Å². The third-order valence-electron chi connectivity index (χ3n) is 6.49. The van der Waals surface area contributed by atoms with Crippen LogP contribution in [0.2, 0.25) is 0 Å². The van der Waals surface area contributed by atoms with Crippen molar-refractivity contribution >= 4 is 16.9 Å². The van der Waals surface area contributed by atoms with E-state index in [0.29, 0.717) is 18.8 Å². The van der Waals surface area contributed by atoms with Gasteiger partial charge < -0.3 is 19.6 Å². The topological polar surface area (TPSA) is 83.6 Å². The molecule has 4 rings (SSSR count). The second-order valence-electron chi connectivity index (χ2n) is 8.78. The van der Waals surface area contributed by atoms with Crippen LogP contribution in [0, 0.1) is 0 Å². The number of carboxylic acids is 1. The van der Waals surface area contributed by atoms with Gasteiger partial charge in [-0.25, -0.2) is 0 Å². The average Bonchev–Trinajstić information content (AvgIpc) is 3.21. The van der Waals surface area contributed by atoms with E-state index < -0.39 is 12.0 Å². The van der Waals surface area contributed by atoms with Crippen molar-refractivity contribution in [2.75, 3.05) is 13.7 Å². The molecule has 0 saturated carbocycles. The van der Waals surface area contributed by atoms with Crippen LogP contribution in [0.3, 0.4) is 0 Å². The number of H-pyrrole nitrogens is 1. The number of ether oxygens (including phenoxy) is 2. The van der Waals surface area contributed by atoms with Crippen molar-refractivity contribution in [1.29, 1.82) is 0 Å². The van der Waals surface area contributed by atoms with E-state index in [0.717, 1.165) is 39.9 Å². The minimum atomic E-state index is -0.846. The second kappa shape index (κ2) is 10.8. The monoisotopic (exact) mass is 450 g/mol. The van der Waals surface area contributed by atoms with Gasteiger partial charge in [0.25, 0.3) is 0 Å². The summed E-state index contributed by atoms with van der Waals surface area (Å²) in [4.78, 5) is 15.4. The summed E-state index contributed by atoms with van der Waals surface area (Å²) in [7, 11) is 1.64. The molecule has 1 aliphatic heterocycles. The number of aromatic nitrogens is 1. The molecule has 3 aromatic rings. The number of unbranched alkanes of at least 4 members (excludes halogenated alkanes) is 5. The maximum absolute atomic E-state index is 11.9. The molecular formula is C27H34N2O4. The molecule has 176 valence electrons. The average molecular weight is 451 g/mol. The number of nitrogens with one attached hydrogen (secondary N) is 2. The van der Waals surface area contributed by atoms with E-state index in [1.807, 2.05) is 42.5 Å². The quantitative estimate of drug-likeness (QED) is 0.331. The molecule has 33 heavy (non-hydrogen) atoms.